The Bertz CT molecular complexity index is 1650. The third-order valence-corrected chi connectivity index (χ3v) is 7.11. The van der Waals surface area contributed by atoms with Crippen molar-refractivity contribution in [3.05, 3.63) is 72.2 Å². The summed E-state index contributed by atoms with van der Waals surface area (Å²) in [7, 11) is 0. The van der Waals surface area contributed by atoms with Gasteiger partial charge in [0.15, 0.2) is 11.5 Å². The average Bonchev–Trinajstić information content (AvgIpc) is 3.42. The van der Waals surface area contributed by atoms with Crippen LogP contribution < -0.4 is 15.8 Å². The Morgan fingerprint density at radius 3 is 2.40 bits per heavy atom. The molecule has 1 fully saturated rings. The van der Waals surface area contributed by atoms with Crippen LogP contribution in [0.2, 0.25) is 0 Å². The SMILES string of the molecule is Cc1cc(Nc2nccn3c(-c4ccc(OC(F)F)cc4)cnc23)ccc1C(=O)N1CCN(C(=O)C(N)CC(=O)O)CC1. The lowest BCUT2D eigenvalue weighted by molar-refractivity contribution is -0.142. The average molecular weight is 594 g/mol. The number of fused-ring (bicyclic) bond motifs is 1. The second-order valence-corrected chi connectivity index (χ2v) is 9.99. The van der Waals surface area contributed by atoms with Crippen molar-refractivity contribution in [2.45, 2.75) is 26.0 Å². The van der Waals surface area contributed by atoms with E-state index >= 15 is 0 Å². The van der Waals surface area contributed by atoms with Crippen LogP contribution in [0.5, 0.6) is 5.75 Å². The van der Waals surface area contributed by atoms with E-state index < -0.39 is 31.0 Å². The number of hydrogen-bond acceptors (Lipinski definition) is 8. The number of piperazine rings is 1. The number of alkyl halides is 2. The summed E-state index contributed by atoms with van der Waals surface area (Å²) in [6, 6.07) is 10.5. The van der Waals surface area contributed by atoms with Crippen molar-refractivity contribution in [2.24, 2.45) is 5.73 Å². The zero-order valence-corrected chi connectivity index (χ0v) is 23.1. The zero-order chi connectivity index (χ0) is 30.7. The summed E-state index contributed by atoms with van der Waals surface area (Å²) >= 11 is 0. The van der Waals surface area contributed by atoms with Gasteiger partial charge in [0.2, 0.25) is 5.91 Å². The fourth-order valence-corrected chi connectivity index (χ4v) is 4.96. The molecule has 1 aliphatic heterocycles. The van der Waals surface area contributed by atoms with E-state index in [1.54, 1.807) is 47.8 Å². The molecule has 224 valence electrons. The number of benzene rings is 2. The molecule has 43 heavy (non-hydrogen) atoms. The van der Waals surface area contributed by atoms with Crippen LogP contribution in [-0.2, 0) is 9.59 Å². The van der Waals surface area contributed by atoms with Crippen LogP contribution in [-0.4, -0.2) is 85.9 Å². The molecule has 1 atom stereocenters. The third kappa shape index (κ3) is 6.54. The number of carboxylic acid groups (broad SMARTS) is 1. The second-order valence-electron chi connectivity index (χ2n) is 9.99. The number of nitrogens with two attached hydrogens (primary N) is 1. The number of imidazole rings is 1. The lowest BCUT2D eigenvalue weighted by Gasteiger charge is -2.36. The van der Waals surface area contributed by atoms with E-state index in [0.717, 1.165) is 16.8 Å². The Labute approximate surface area is 244 Å². The van der Waals surface area contributed by atoms with Gasteiger partial charge in [0, 0.05) is 55.4 Å². The van der Waals surface area contributed by atoms with E-state index in [0.29, 0.717) is 35.8 Å². The maximum Gasteiger partial charge on any atom is 0.387 e. The predicted molar refractivity (Wildman–Crippen MR) is 152 cm³/mol. The number of anilines is 2. The molecule has 3 heterocycles. The number of nitrogens with zero attached hydrogens (tertiary/aromatic N) is 5. The van der Waals surface area contributed by atoms with Gasteiger partial charge >= 0.3 is 12.6 Å². The Hall–Kier alpha value is -5.11. The number of carbonyl (C=O) groups is 3. The number of hydrogen-bond donors (Lipinski definition) is 3. The predicted octanol–water partition coefficient (Wildman–Crippen LogP) is 3.14. The monoisotopic (exact) mass is 593 g/mol. The number of carboxylic acids is 1. The number of aromatic nitrogens is 3. The molecule has 0 aliphatic carbocycles. The van der Waals surface area contributed by atoms with Gasteiger partial charge in [-0.05, 0) is 55.0 Å². The molecule has 12 nitrogen and oxygen atoms in total. The van der Waals surface area contributed by atoms with Crippen LogP contribution in [0.1, 0.15) is 22.3 Å². The summed E-state index contributed by atoms with van der Waals surface area (Å²) in [5.74, 6) is -1.21. The standard InChI is InChI=1S/C29H29F2N7O5/c1-17-14-19(4-7-21(17)27(41)36-10-12-37(13-11-36)28(42)22(32)15-24(39)40)35-25-26-34-16-23(38(26)9-8-33-25)18-2-5-20(6-3-18)43-29(30)31/h2-9,14,16,22,29H,10-13,15,32H2,1H3,(H,33,35)(H,39,40). The molecule has 0 radical (unpaired) electrons. The molecule has 0 bridgehead atoms. The minimum absolute atomic E-state index is 0.0592. The second kappa shape index (κ2) is 12.4. The lowest BCUT2D eigenvalue weighted by atomic mass is 10.1. The molecule has 1 unspecified atom stereocenters. The summed E-state index contributed by atoms with van der Waals surface area (Å²) in [5, 5.41) is 12.1. The van der Waals surface area contributed by atoms with Crippen LogP contribution in [0.4, 0.5) is 20.3 Å². The number of carbonyl (C=O) groups excluding carboxylic acids is 2. The summed E-state index contributed by atoms with van der Waals surface area (Å²) in [6.07, 6.45) is 4.56. The molecule has 4 N–H and O–H groups in total. The molecule has 2 aromatic heterocycles. The quantitative estimate of drug-likeness (QED) is 0.265. The summed E-state index contributed by atoms with van der Waals surface area (Å²) < 4.78 is 31.2. The Balaban J connectivity index is 1.26. The minimum atomic E-state index is -2.90. The van der Waals surface area contributed by atoms with Crippen molar-refractivity contribution in [1.82, 2.24) is 24.2 Å². The topological polar surface area (TPSA) is 155 Å². The fraction of sp³-hybridized carbons (Fsp3) is 0.276. The van der Waals surface area contributed by atoms with E-state index in [1.807, 2.05) is 17.4 Å². The van der Waals surface area contributed by atoms with Crippen LogP contribution in [0.3, 0.4) is 0 Å². The van der Waals surface area contributed by atoms with Gasteiger partial charge in [-0.1, -0.05) is 0 Å². The highest BCUT2D eigenvalue weighted by atomic mass is 19.3. The molecular weight excluding hydrogens is 564 g/mol. The summed E-state index contributed by atoms with van der Waals surface area (Å²) in [6.45, 7) is 0.0764. The van der Waals surface area contributed by atoms with Gasteiger partial charge < -0.3 is 30.7 Å². The molecule has 5 rings (SSSR count). The highest BCUT2D eigenvalue weighted by Gasteiger charge is 2.29. The molecule has 2 aromatic carbocycles. The van der Waals surface area contributed by atoms with E-state index in [4.69, 9.17) is 10.8 Å². The largest absolute Gasteiger partial charge is 0.481 e. The molecule has 2 amide bonds. The normalized spacial score (nSPS) is 14.2. The first-order valence-corrected chi connectivity index (χ1v) is 13.4. The first kappa shape index (κ1) is 29.4. The van der Waals surface area contributed by atoms with Gasteiger partial charge in [0.1, 0.15) is 5.75 Å². The van der Waals surface area contributed by atoms with Gasteiger partial charge in [-0.3, -0.25) is 18.8 Å². The Kier molecular flexibility index (Phi) is 8.48. The first-order chi connectivity index (χ1) is 20.6. The summed E-state index contributed by atoms with van der Waals surface area (Å²) in [4.78, 5) is 48.6. The van der Waals surface area contributed by atoms with Gasteiger partial charge in [-0.15, -0.1) is 0 Å². The number of rotatable bonds is 9. The number of amides is 2. The van der Waals surface area contributed by atoms with E-state index in [1.165, 1.54) is 17.0 Å². The van der Waals surface area contributed by atoms with E-state index in [2.05, 4.69) is 20.0 Å². The smallest absolute Gasteiger partial charge is 0.387 e. The van der Waals surface area contributed by atoms with Crippen molar-refractivity contribution in [3.63, 3.8) is 0 Å². The molecule has 0 spiro atoms. The van der Waals surface area contributed by atoms with E-state index in [9.17, 15) is 23.2 Å². The number of nitrogens with one attached hydrogen (secondary N) is 1. The number of ether oxygens (including phenoxy) is 1. The van der Waals surface area contributed by atoms with E-state index in [-0.39, 0.29) is 24.7 Å². The zero-order valence-electron chi connectivity index (χ0n) is 23.1. The van der Waals surface area contributed by atoms with Crippen LogP contribution in [0.25, 0.3) is 16.9 Å². The van der Waals surface area contributed by atoms with Gasteiger partial charge in [0.05, 0.1) is 24.4 Å². The van der Waals surface area contributed by atoms with Crippen molar-refractivity contribution < 1.29 is 33.0 Å². The van der Waals surface area contributed by atoms with Crippen molar-refractivity contribution in [3.8, 4) is 17.0 Å². The van der Waals surface area contributed by atoms with Crippen molar-refractivity contribution >= 4 is 34.9 Å². The lowest BCUT2D eigenvalue weighted by Crippen LogP contribution is -2.54. The van der Waals surface area contributed by atoms with Gasteiger partial charge in [0.25, 0.3) is 5.91 Å². The van der Waals surface area contributed by atoms with Gasteiger partial charge in [-0.2, -0.15) is 8.78 Å². The highest BCUT2D eigenvalue weighted by molar-refractivity contribution is 5.96. The molecule has 0 saturated carbocycles. The third-order valence-electron chi connectivity index (χ3n) is 7.11. The maximum absolute atomic E-state index is 13.3. The summed E-state index contributed by atoms with van der Waals surface area (Å²) in [5.41, 5.74) is 9.67. The maximum atomic E-state index is 13.3. The Morgan fingerprint density at radius 2 is 1.74 bits per heavy atom. The number of aliphatic carboxylic acids is 1. The number of aryl methyl sites for hydroxylation is 1. The van der Waals surface area contributed by atoms with Crippen LogP contribution >= 0.6 is 0 Å². The molecule has 1 saturated heterocycles. The Morgan fingerprint density at radius 1 is 1.05 bits per heavy atom. The fourth-order valence-electron chi connectivity index (χ4n) is 4.96. The van der Waals surface area contributed by atoms with Crippen molar-refractivity contribution in [2.75, 3.05) is 31.5 Å². The molecule has 14 heteroatoms. The number of halogens is 2. The highest BCUT2D eigenvalue weighted by Crippen LogP contribution is 2.28. The minimum Gasteiger partial charge on any atom is -0.481 e. The molecule has 1 aliphatic rings. The molecular formula is C29H29F2N7O5. The first-order valence-electron chi connectivity index (χ1n) is 13.4. The van der Waals surface area contributed by atoms with Gasteiger partial charge in [-0.25, -0.2) is 9.97 Å². The van der Waals surface area contributed by atoms with Crippen molar-refractivity contribution in [1.29, 1.82) is 0 Å². The molecule has 4 aromatic rings. The van der Waals surface area contributed by atoms with Crippen LogP contribution in [0, 0.1) is 6.92 Å². The van der Waals surface area contributed by atoms with Crippen LogP contribution in [0.15, 0.2) is 61.1 Å².